The van der Waals surface area contributed by atoms with E-state index in [1.165, 1.54) is 38.1 Å². The predicted octanol–water partition coefficient (Wildman–Crippen LogP) is 4.01. The van der Waals surface area contributed by atoms with Crippen molar-refractivity contribution in [3.63, 3.8) is 0 Å². The quantitative estimate of drug-likeness (QED) is 0.288. The lowest BCUT2D eigenvalue weighted by atomic mass is 10.3. The first-order valence-corrected chi connectivity index (χ1v) is 8.48. The van der Waals surface area contributed by atoms with Crippen molar-refractivity contribution in [1.29, 1.82) is 0 Å². The summed E-state index contributed by atoms with van der Waals surface area (Å²) in [7, 11) is 0. The molecule has 9 heteroatoms. The van der Waals surface area contributed by atoms with E-state index in [1.54, 1.807) is 0 Å². The smallest absolute Gasteiger partial charge is 0.311 e. The van der Waals surface area contributed by atoms with Crippen molar-refractivity contribution in [1.82, 2.24) is 4.98 Å². The van der Waals surface area contributed by atoms with Gasteiger partial charge in [0.2, 0.25) is 11.8 Å². The molecule has 0 atom stereocenters. The molecule has 2 amide bonds. The molecule has 0 aromatic carbocycles. The summed E-state index contributed by atoms with van der Waals surface area (Å²) in [5.74, 6) is -0.641. The maximum atomic E-state index is 11.7. The second-order valence-corrected chi connectivity index (χ2v) is 5.51. The predicted molar refractivity (Wildman–Crippen MR) is 106 cm³/mol. The summed E-state index contributed by atoms with van der Waals surface area (Å²) < 4.78 is 5.20. The Morgan fingerprint density at radius 2 is 1.82 bits per heavy atom. The Kier molecular flexibility index (Phi) is 8.94. The molecule has 0 saturated heterocycles. The van der Waals surface area contributed by atoms with Gasteiger partial charge in [-0.3, -0.25) is 14.4 Å². The van der Waals surface area contributed by atoms with Crippen molar-refractivity contribution in [2.75, 3.05) is 10.6 Å². The highest BCUT2D eigenvalue weighted by Crippen LogP contribution is 2.26. The molecule has 0 radical (unpaired) electrons. The van der Waals surface area contributed by atoms with Crippen molar-refractivity contribution < 1.29 is 19.1 Å². The molecule has 148 valence electrons. The number of rotatable bonds is 9. The fraction of sp³-hybridized carbons (Fsp3) is 0.263. The maximum absolute atomic E-state index is 11.7. The van der Waals surface area contributed by atoms with Crippen LogP contribution in [0, 0.1) is 0 Å². The summed E-state index contributed by atoms with van der Waals surface area (Å²) in [5, 5.41) is 13.1. The molecule has 9 nitrogen and oxygen atoms in total. The zero-order valence-corrected chi connectivity index (χ0v) is 16.1. The SMILES string of the molecule is C=C/C(N=Nc1ccc(NC(C)=O)nc1NC(C)=O)=C(\C=C)OC(=O)CCC. The molecule has 1 rings (SSSR count). The highest BCUT2D eigenvalue weighted by atomic mass is 16.5. The molecule has 2 N–H and O–H groups in total. The molecule has 1 aromatic rings. The van der Waals surface area contributed by atoms with Gasteiger partial charge in [0.25, 0.3) is 0 Å². The van der Waals surface area contributed by atoms with Gasteiger partial charge in [0.05, 0.1) is 0 Å². The minimum absolute atomic E-state index is 0.106. The normalized spacial score (nSPS) is 11.4. The van der Waals surface area contributed by atoms with Crippen molar-refractivity contribution in [3.8, 4) is 0 Å². The van der Waals surface area contributed by atoms with E-state index in [0.717, 1.165) is 0 Å². The number of hydrogen-bond donors (Lipinski definition) is 2. The maximum Gasteiger partial charge on any atom is 0.311 e. The lowest BCUT2D eigenvalue weighted by molar-refractivity contribution is -0.139. The fourth-order valence-electron chi connectivity index (χ4n) is 1.92. The second-order valence-electron chi connectivity index (χ2n) is 5.51. The fourth-order valence-corrected chi connectivity index (χ4v) is 1.92. The zero-order valence-electron chi connectivity index (χ0n) is 16.1. The van der Waals surface area contributed by atoms with E-state index in [0.29, 0.717) is 6.42 Å². The van der Waals surface area contributed by atoms with E-state index < -0.39 is 5.97 Å². The number of pyridine rings is 1. The van der Waals surface area contributed by atoms with Gasteiger partial charge in [-0.25, -0.2) is 4.98 Å². The average Bonchev–Trinajstić information content (AvgIpc) is 2.61. The first-order valence-electron chi connectivity index (χ1n) is 8.48. The van der Waals surface area contributed by atoms with Gasteiger partial charge in [0.1, 0.15) is 17.2 Å². The Balaban J connectivity index is 3.24. The molecule has 0 aliphatic carbocycles. The lowest BCUT2D eigenvalue weighted by Crippen LogP contribution is -2.11. The van der Waals surface area contributed by atoms with Crippen molar-refractivity contribution in [3.05, 3.63) is 48.9 Å². The number of nitrogens with zero attached hydrogens (tertiary/aromatic N) is 3. The van der Waals surface area contributed by atoms with Gasteiger partial charge in [0, 0.05) is 20.3 Å². The standard InChI is InChI=1S/C19H23N5O4/c1-6-9-18(27)28-16(8-3)14(7-2)23-24-15-10-11-17(20-12(4)25)22-19(15)21-13(5)26/h7-8,10-11H,2-3,6,9H2,1,4-5H3,(H2,20,21,22,25,26)/b16-14-,24-23?. The van der Waals surface area contributed by atoms with Crippen LogP contribution in [0.1, 0.15) is 33.6 Å². The van der Waals surface area contributed by atoms with Gasteiger partial charge in [-0.2, -0.15) is 0 Å². The third-order valence-corrected chi connectivity index (χ3v) is 3.05. The largest absolute Gasteiger partial charge is 0.424 e. The van der Waals surface area contributed by atoms with Gasteiger partial charge in [0.15, 0.2) is 11.6 Å². The molecule has 0 aliphatic heterocycles. The third kappa shape index (κ3) is 7.32. The molecule has 28 heavy (non-hydrogen) atoms. The molecule has 0 saturated carbocycles. The summed E-state index contributed by atoms with van der Waals surface area (Å²) >= 11 is 0. The van der Waals surface area contributed by atoms with Crippen LogP contribution >= 0.6 is 0 Å². The number of amides is 2. The van der Waals surface area contributed by atoms with Crippen LogP contribution < -0.4 is 10.6 Å². The van der Waals surface area contributed by atoms with Crippen LogP contribution in [-0.2, 0) is 19.1 Å². The summed E-state index contributed by atoms with van der Waals surface area (Å²) in [5.41, 5.74) is 0.408. The van der Waals surface area contributed by atoms with Gasteiger partial charge in [-0.05, 0) is 30.7 Å². The Bertz CT molecular complexity index is 843. The van der Waals surface area contributed by atoms with Crippen LogP contribution in [0.5, 0.6) is 0 Å². The van der Waals surface area contributed by atoms with Crippen molar-refractivity contribution in [2.24, 2.45) is 10.2 Å². The van der Waals surface area contributed by atoms with Crippen LogP contribution in [0.3, 0.4) is 0 Å². The van der Waals surface area contributed by atoms with Crippen LogP contribution in [0.15, 0.2) is 59.1 Å². The highest BCUT2D eigenvalue weighted by molar-refractivity contribution is 5.92. The lowest BCUT2D eigenvalue weighted by Gasteiger charge is -2.08. The summed E-state index contributed by atoms with van der Waals surface area (Å²) in [6.45, 7) is 11.7. The number of aromatic nitrogens is 1. The number of carbonyl (C=O) groups is 3. The molecule has 0 fully saturated rings. The average molecular weight is 385 g/mol. The van der Waals surface area contributed by atoms with Crippen molar-refractivity contribution >= 4 is 35.1 Å². The minimum Gasteiger partial charge on any atom is -0.424 e. The number of carbonyl (C=O) groups excluding carboxylic acids is 3. The molecule has 0 bridgehead atoms. The number of nitrogens with one attached hydrogen (secondary N) is 2. The number of allylic oxidation sites excluding steroid dienone is 2. The first kappa shape index (κ1) is 22.4. The number of ether oxygens (including phenoxy) is 1. The van der Waals surface area contributed by atoms with E-state index in [2.05, 4.69) is 39.0 Å². The van der Waals surface area contributed by atoms with Gasteiger partial charge >= 0.3 is 5.97 Å². The van der Waals surface area contributed by atoms with E-state index in [-0.39, 0.29) is 47.0 Å². The number of hydrogen-bond acceptors (Lipinski definition) is 7. The van der Waals surface area contributed by atoms with E-state index in [1.807, 2.05) is 6.92 Å². The molecule has 1 heterocycles. The molecular weight excluding hydrogens is 362 g/mol. The topological polar surface area (TPSA) is 122 Å². The van der Waals surface area contributed by atoms with Gasteiger partial charge in [-0.15, -0.1) is 10.2 Å². The van der Waals surface area contributed by atoms with Crippen LogP contribution in [0.4, 0.5) is 17.3 Å². The van der Waals surface area contributed by atoms with E-state index in [4.69, 9.17) is 4.74 Å². The van der Waals surface area contributed by atoms with Crippen LogP contribution in [0.25, 0.3) is 0 Å². The van der Waals surface area contributed by atoms with Gasteiger partial charge < -0.3 is 15.4 Å². The minimum atomic E-state index is -0.424. The number of azo groups is 1. The highest BCUT2D eigenvalue weighted by Gasteiger charge is 2.10. The zero-order chi connectivity index (χ0) is 21.1. The Hall–Kier alpha value is -3.62. The molecular formula is C19H23N5O4. The Morgan fingerprint density at radius 3 is 2.36 bits per heavy atom. The van der Waals surface area contributed by atoms with Crippen LogP contribution in [0.2, 0.25) is 0 Å². The summed E-state index contributed by atoms with van der Waals surface area (Å²) in [6.07, 6.45) is 3.58. The third-order valence-electron chi connectivity index (χ3n) is 3.05. The van der Waals surface area contributed by atoms with Crippen LogP contribution in [-0.4, -0.2) is 22.8 Å². The monoisotopic (exact) mass is 385 g/mol. The number of anilines is 2. The molecule has 0 spiro atoms. The van der Waals surface area contributed by atoms with E-state index >= 15 is 0 Å². The second kappa shape index (κ2) is 11.2. The molecule has 0 unspecified atom stereocenters. The summed E-state index contributed by atoms with van der Waals surface area (Å²) in [6, 6.07) is 3.03. The van der Waals surface area contributed by atoms with Crippen molar-refractivity contribution in [2.45, 2.75) is 33.6 Å². The summed E-state index contributed by atoms with van der Waals surface area (Å²) in [4.78, 5) is 38.4. The van der Waals surface area contributed by atoms with E-state index in [9.17, 15) is 14.4 Å². The number of esters is 1. The Labute approximate surface area is 163 Å². The Morgan fingerprint density at radius 1 is 1.14 bits per heavy atom. The molecule has 1 aromatic heterocycles. The first-order chi connectivity index (χ1) is 13.3. The van der Waals surface area contributed by atoms with Gasteiger partial charge in [-0.1, -0.05) is 20.1 Å². The molecule has 0 aliphatic rings.